The van der Waals surface area contributed by atoms with Gasteiger partial charge < -0.3 is 14.8 Å². The number of hydrogen-bond donors (Lipinski definition) is 1. The van der Waals surface area contributed by atoms with Crippen molar-refractivity contribution in [2.24, 2.45) is 0 Å². The highest BCUT2D eigenvalue weighted by Crippen LogP contribution is 2.17. The average Bonchev–Trinajstić information content (AvgIpc) is 2.48. The Morgan fingerprint density at radius 1 is 1.38 bits per heavy atom. The summed E-state index contributed by atoms with van der Waals surface area (Å²) in [6.07, 6.45) is 0.343. The van der Waals surface area contributed by atoms with Gasteiger partial charge in [0.25, 0.3) is 0 Å². The molecule has 6 heteroatoms. The number of halogens is 1. The third kappa shape index (κ3) is 6.33. The van der Waals surface area contributed by atoms with Crippen molar-refractivity contribution in [2.45, 2.75) is 6.42 Å². The van der Waals surface area contributed by atoms with Gasteiger partial charge in [0.1, 0.15) is 5.75 Å². The van der Waals surface area contributed by atoms with E-state index >= 15 is 0 Å². The van der Waals surface area contributed by atoms with Crippen LogP contribution in [0.4, 0.5) is 0 Å². The predicted octanol–water partition coefficient (Wildman–Crippen LogP) is 1.56. The summed E-state index contributed by atoms with van der Waals surface area (Å²) in [5.41, 5.74) is 0. The van der Waals surface area contributed by atoms with Crippen molar-refractivity contribution in [3.05, 3.63) is 29.3 Å². The minimum atomic E-state index is 0.00490. The van der Waals surface area contributed by atoms with Crippen molar-refractivity contribution in [1.82, 2.24) is 10.2 Å². The van der Waals surface area contributed by atoms with E-state index in [1.165, 1.54) is 0 Å². The van der Waals surface area contributed by atoms with Gasteiger partial charge >= 0.3 is 0 Å². The van der Waals surface area contributed by atoms with Crippen LogP contribution >= 0.6 is 11.6 Å². The molecule has 1 aromatic carbocycles. The fourth-order valence-corrected chi connectivity index (χ4v) is 2.27. The largest absolute Gasteiger partial charge is 0.493 e. The van der Waals surface area contributed by atoms with Crippen molar-refractivity contribution in [1.29, 1.82) is 0 Å². The van der Waals surface area contributed by atoms with Crippen LogP contribution in [0.25, 0.3) is 0 Å². The Morgan fingerprint density at radius 2 is 2.19 bits per heavy atom. The lowest BCUT2D eigenvalue weighted by molar-refractivity contribution is -0.121. The molecular formula is C15H21ClN2O3. The highest BCUT2D eigenvalue weighted by atomic mass is 35.5. The number of nitrogens with zero attached hydrogens (tertiary/aromatic N) is 1. The number of hydrogen-bond acceptors (Lipinski definition) is 4. The molecule has 0 unspecified atom stereocenters. The van der Waals surface area contributed by atoms with E-state index in [2.05, 4.69) is 10.2 Å². The summed E-state index contributed by atoms with van der Waals surface area (Å²) in [5.74, 6) is 0.689. The number of rotatable bonds is 7. The number of nitrogens with one attached hydrogen (secondary N) is 1. The number of amides is 1. The van der Waals surface area contributed by atoms with E-state index in [4.69, 9.17) is 21.1 Å². The molecule has 1 aliphatic rings. The topological polar surface area (TPSA) is 50.8 Å². The Labute approximate surface area is 130 Å². The second kappa shape index (κ2) is 8.87. The second-order valence-electron chi connectivity index (χ2n) is 4.86. The Balaban J connectivity index is 1.55. The van der Waals surface area contributed by atoms with Crippen LogP contribution in [-0.4, -0.2) is 56.8 Å². The fraction of sp³-hybridized carbons (Fsp3) is 0.533. The van der Waals surface area contributed by atoms with Crippen LogP contribution in [0.15, 0.2) is 24.3 Å². The van der Waals surface area contributed by atoms with Crippen molar-refractivity contribution in [3.63, 3.8) is 0 Å². The van der Waals surface area contributed by atoms with Gasteiger partial charge in [-0.2, -0.15) is 0 Å². The molecular weight excluding hydrogens is 292 g/mol. The van der Waals surface area contributed by atoms with Crippen LogP contribution in [0.2, 0.25) is 5.02 Å². The molecule has 0 aromatic heterocycles. The summed E-state index contributed by atoms with van der Waals surface area (Å²) in [7, 11) is 0. The van der Waals surface area contributed by atoms with Crippen LogP contribution in [0.1, 0.15) is 6.42 Å². The molecule has 1 aliphatic heterocycles. The molecule has 5 nitrogen and oxygen atoms in total. The zero-order valence-corrected chi connectivity index (χ0v) is 12.8. The number of ether oxygens (including phenoxy) is 2. The first-order valence-electron chi connectivity index (χ1n) is 7.19. The van der Waals surface area contributed by atoms with Gasteiger partial charge in [-0.15, -0.1) is 0 Å². The van der Waals surface area contributed by atoms with E-state index in [0.717, 1.165) is 32.8 Å². The molecule has 2 rings (SSSR count). The van der Waals surface area contributed by atoms with Gasteiger partial charge in [-0.05, 0) is 18.2 Å². The lowest BCUT2D eigenvalue weighted by Gasteiger charge is -2.26. The highest BCUT2D eigenvalue weighted by Gasteiger charge is 2.10. The minimum absolute atomic E-state index is 0.00490. The Bertz CT molecular complexity index is 450. The molecule has 21 heavy (non-hydrogen) atoms. The zero-order chi connectivity index (χ0) is 14.9. The molecule has 1 fully saturated rings. The van der Waals surface area contributed by atoms with E-state index in [0.29, 0.717) is 30.3 Å². The monoisotopic (exact) mass is 312 g/mol. The van der Waals surface area contributed by atoms with Crippen LogP contribution in [0.3, 0.4) is 0 Å². The van der Waals surface area contributed by atoms with Gasteiger partial charge in [-0.3, -0.25) is 9.69 Å². The molecule has 0 atom stereocenters. The van der Waals surface area contributed by atoms with E-state index in [1.807, 2.05) is 12.1 Å². The van der Waals surface area contributed by atoms with Gasteiger partial charge in [-0.25, -0.2) is 0 Å². The van der Waals surface area contributed by atoms with E-state index in [1.54, 1.807) is 12.1 Å². The van der Waals surface area contributed by atoms with Crippen molar-refractivity contribution in [2.75, 3.05) is 46.0 Å². The number of carbonyl (C=O) groups excluding carboxylic acids is 1. The van der Waals surface area contributed by atoms with Crippen LogP contribution in [-0.2, 0) is 9.53 Å². The van der Waals surface area contributed by atoms with Crippen molar-refractivity contribution in [3.8, 4) is 5.75 Å². The SMILES string of the molecule is O=C(CCOc1cccc(Cl)c1)NCCN1CCOCC1. The maximum absolute atomic E-state index is 11.7. The Morgan fingerprint density at radius 3 is 2.95 bits per heavy atom. The average molecular weight is 313 g/mol. The molecule has 0 saturated carbocycles. The summed E-state index contributed by atoms with van der Waals surface area (Å²) in [6, 6.07) is 7.16. The van der Waals surface area contributed by atoms with Crippen molar-refractivity contribution < 1.29 is 14.3 Å². The third-order valence-electron chi connectivity index (χ3n) is 3.25. The molecule has 0 radical (unpaired) electrons. The lowest BCUT2D eigenvalue weighted by atomic mass is 10.3. The first kappa shape index (κ1) is 16.1. The summed E-state index contributed by atoms with van der Waals surface area (Å²) >= 11 is 5.86. The lowest BCUT2D eigenvalue weighted by Crippen LogP contribution is -2.41. The molecule has 116 valence electrons. The van der Waals surface area contributed by atoms with Crippen LogP contribution in [0.5, 0.6) is 5.75 Å². The quantitative estimate of drug-likeness (QED) is 0.830. The van der Waals surface area contributed by atoms with Gasteiger partial charge in [0.2, 0.25) is 5.91 Å². The Hall–Kier alpha value is -1.30. The van der Waals surface area contributed by atoms with Crippen LogP contribution in [0, 0.1) is 0 Å². The highest BCUT2D eigenvalue weighted by molar-refractivity contribution is 6.30. The summed E-state index contributed by atoms with van der Waals surface area (Å²) < 4.78 is 10.8. The standard InChI is InChI=1S/C15H21ClN2O3/c16-13-2-1-3-14(12-13)21-9-4-15(19)17-5-6-18-7-10-20-11-8-18/h1-3,12H,4-11H2,(H,17,19). The zero-order valence-electron chi connectivity index (χ0n) is 12.0. The molecule has 0 aliphatic carbocycles. The summed E-state index contributed by atoms with van der Waals surface area (Å²) in [4.78, 5) is 14.0. The van der Waals surface area contributed by atoms with Gasteiger partial charge in [0, 0.05) is 31.2 Å². The summed E-state index contributed by atoms with van der Waals surface area (Å²) in [5, 5.41) is 3.53. The first-order valence-corrected chi connectivity index (χ1v) is 7.57. The van der Waals surface area contributed by atoms with Gasteiger partial charge in [-0.1, -0.05) is 17.7 Å². The molecule has 1 aromatic rings. The van der Waals surface area contributed by atoms with Gasteiger partial charge in [0.15, 0.2) is 0 Å². The molecule has 0 bridgehead atoms. The van der Waals surface area contributed by atoms with Crippen LogP contribution < -0.4 is 10.1 Å². The second-order valence-corrected chi connectivity index (χ2v) is 5.30. The third-order valence-corrected chi connectivity index (χ3v) is 3.48. The molecule has 1 heterocycles. The maximum atomic E-state index is 11.7. The predicted molar refractivity (Wildman–Crippen MR) is 81.8 cm³/mol. The smallest absolute Gasteiger partial charge is 0.223 e. The number of carbonyl (C=O) groups is 1. The fourth-order valence-electron chi connectivity index (χ4n) is 2.08. The van der Waals surface area contributed by atoms with E-state index in [9.17, 15) is 4.79 Å². The normalized spacial score (nSPS) is 15.7. The molecule has 1 saturated heterocycles. The minimum Gasteiger partial charge on any atom is -0.493 e. The molecule has 1 N–H and O–H groups in total. The van der Waals surface area contributed by atoms with E-state index < -0.39 is 0 Å². The molecule has 1 amide bonds. The number of benzene rings is 1. The first-order chi connectivity index (χ1) is 10.2. The van der Waals surface area contributed by atoms with Gasteiger partial charge in [0.05, 0.1) is 26.2 Å². The Kier molecular flexibility index (Phi) is 6.79. The number of morpholine rings is 1. The molecule has 0 spiro atoms. The maximum Gasteiger partial charge on any atom is 0.223 e. The van der Waals surface area contributed by atoms with E-state index in [-0.39, 0.29) is 5.91 Å². The summed E-state index contributed by atoms with van der Waals surface area (Å²) in [6.45, 7) is 5.31. The van der Waals surface area contributed by atoms with Crippen molar-refractivity contribution >= 4 is 17.5 Å².